The standard InChI is InChI=1S/C20H22O3S/c1-20(2,3)23-19(22)13-17(21)16-11-7-8-12-18(16)24-14-15-9-5-4-6-10-15/h4-12H,13-14H2,1-3H3. The van der Waals surface area contributed by atoms with Crippen LogP contribution in [-0.2, 0) is 15.3 Å². The van der Waals surface area contributed by atoms with Gasteiger partial charge in [0.05, 0.1) is 0 Å². The Labute approximate surface area is 147 Å². The summed E-state index contributed by atoms with van der Waals surface area (Å²) in [5.41, 5.74) is 1.18. The Balaban J connectivity index is 2.05. The molecule has 24 heavy (non-hydrogen) atoms. The number of hydrogen-bond acceptors (Lipinski definition) is 4. The molecule has 0 aliphatic heterocycles. The minimum absolute atomic E-state index is 0.208. The zero-order valence-corrected chi connectivity index (χ0v) is 15.1. The van der Waals surface area contributed by atoms with Gasteiger partial charge in [-0.2, -0.15) is 0 Å². The lowest BCUT2D eigenvalue weighted by Crippen LogP contribution is -2.25. The van der Waals surface area contributed by atoms with Gasteiger partial charge in [-0.15, -0.1) is 11.8 Å². The maximum Gasteiger partial charge on any atom is 0.314 e. The number of carbonyl (C=O) groups excluding carboxylic acids is 2. The molecule has 0 radical (unpaired) electrons. The van der Waals surface area contributed by atoms with Gasteiger partial charge in [-0.3, -0.25) is 9.59 Å². The molecule has 0 aliphatic rings. The van der Waals surface area contributed by atoms with Crippen LogP contribution in [-0.4, -0.2) is 17.4 Å². The van der Waals surface area contributed by atoms with Crippen LogP contribution >= 0.6 is 11.8 Å². The number of ketones is 1. The molecule has 0 fully saturated rings. The summed E-state index contributed by atoms with van der Waals surface area (Å²) in [5, 5.41) is 0. The van der Waals surface area contributed by atoms with Crippen LogP contribution in [0.4, 0.5) is 0 Å². The molecule has 0 bridgehead atoms. The van der Waals surface area contributed by atoms with Crippen molar-refractivity contribution in [1.29, 1.82) is 0 Å². The monoisotopic (exact) mass is 342 g/mol. The molecule has 2 aromatic rings. The van der Waals surface area contributed by atoms with Gasteiger partial charge in [0.25, 0.3) is 0 Å². The van der Waals surface area contributed by atoms with E-state index in [9.17, 15) is 9.59 Å². The zero-order chi connectivity index (χ0) is 17.6. The van der Waals surface area contributed by atoms with Crippen LogP contribution in [0.3, 0.4) is 0 Å². The van der Waals surface area contributed by atoms with Gasteiger partial charge in [0, 0.05) is 16.2 Å². The van der Waals surface area contributed by atoms with Crippen molar-refractivity contribution in [1.82, 2.24) is 0 Å². The van der Waals surface area contributed by atoms with E-state index in [0.29, 0.717) is 5.56 Å². The van der Waals surface area contributed by atoms with Crippen LogP contribution in [0, 0.1) is 0 Å². The van der Waals surface area contributed by atoms with E-state index in [1.807, 2.05) is 36.4 Å². The van der Waals surface area contributed by atoms with E-state index < -0.39 is 11.6 Å². The van der Waals surface area contributed by atoms with Crippen LogP contribution < -0.4 is 0 Å². The fraction of sp³-hybridized carbons (Fsp3) is 0.300. The van der Waals surface area contributed by atoms with E-state index in [1.165, 1.54) is 5.56 Å². The van der Waals surface area contributed by atoms with E-state index in [0.717, 1.165) is 10.6 Å². The third-order valence-electron chi connectivity index (χ3n) is 3.15. The summed E-state index contributed by atoms with van der Waals surface area (Å²) in [4.78, 5) is 25.2. The van der Waals surface area contributed by atoms with Crippen molar-refractivity contribution < 1.29 is 14.3 Å². The van der Waals surface area contributed by atoms with Crippen molar-refractivity contribution in [2.24, 2.45) is 0 Å². The minimum atomic E-state index is -0.584. The Morgan fingerprint density at radius 3 is 2.25 bits per heavy atom. The first-order valence-corrected chi connectivity index (χ1v) is 8.84. The topological polar surface area (TPSA) is 43.4 Å². The third-order valence-corrected chi connectivity index (χ3v) is 4.29. The Morgan fingerprint density at radius 2 is 1.58 bits per heavy atom. The van der Waals surface area contributed by atoms with Crippen molar-refractivity contribution in [3.8, 4) is 0 Å². The van der Waals surface area contributed by atoms with Gasteiger partial charge in [0.2, 0.25) is 0 Å². The van der Waals surface area contributed by atoms with E-state index in [2.05, 4.69) is 12.1 Å². The lowest BCUT2D eigenvalue weighted by atomic mass is 10.1. The second kappa shape index (κ2) is 8.15. The van der Waals surface area contributed by atoms with Crippen molar-refractivity contribution in [3.05, 3.63) is 65.7 Å². The van der Waals surface area contributed by atoms with Crippen molar-refractivity contribution >= 4 is 23.5 Å². The highest BCUT2D eigenvalue weighted by molar-refractivity contribution is 7.98. The van der Waals surface area contributed by atoms with Crippen LogP contribution in [0.15, 0.2) is 59.5 Å². The first kappa shape index (κ1) is 18.3. The molecule has 3 nitrogen and oxygen atoms in total. The molecule has 2 aromatic carbocycles. The molecule has 0 atom stereocenters. The lowest BCUT2D eigenvalue weighted by Gasteiger charge is -2.19. The van der Waals surface area contributed by atoms with Gasteiger partial charge < -0.3 is 4.74 Å². The number of ether oxygens (including phenoxy) is 1. The van der Waals surface area contributed by atoms with E-state index >= 15 is 0 Å². The summed E-state index contributed by atoms with van der Waals surface area (Å²) in [6.07, 6.45) is -0.236. The average molecular weight is 342 g/mol. The highest BCUT2D eigenvalue weighted by Gasteiger charge is 2.21. The Bertz CT molecular complexity index is 702. The van der Waals surface area contributed by atoms with Crippen LogP contribution in [0.5, 0.6) is 0 Å². The Kier molecular flexibility index (Phi) is 6.21. The van der Waals surface area contributed by atoms with E-state index in [1.54, 1.807) is 38.6 Å². The van der Waals surface area contributed by atoms with Gasteiger partial charge in [-0.05, 0) is 32.4 Å². The third kappa shape index (κ3) is 5.85. The molecule has 0 amide bonds. The molecular weight excluding hydrogens is 320 g/mol. The van der Waals surface area contributed by atoms with Gasteiger partial charge in [-0.1, -0.05) is 48.5 Å². The number of benzene rings is 2. The molecule has 4 heteroatoms. The number of thioether (sulfide) groups is 1. The molecular formula is C20H22O3S. The van der Waals surface area contributed by atoms with Gasteiger partial charge in [0.15, 0.2) is 5.78 Å². The predicted molar refractivity (Wildman–Crippen MR) is 97.2 cm³/mol. The van der Waals surface area contributed by atoms with Crippen molar-refractivity contribution in [3.63, 3.8) is 0 Å². The highest BCUT2D eigenvalue weighted by atomic mass is 32.2. The molecule has 0 aromatic heterocycles. The second-order valence-electron chi connectivity index (χ2n) is 6.46. The molecule has 0 aliphatic carbocycles. The van der Waals surface area contributed by atoms with Gasteiger partial charge >= 0.3 is 5.97 Å². The first-order valence-electron chi connectivity index (χ1n) is 7.86. The summed E-state index contributed by atoms with van der Waals surface area (Å²) < 4.78 is 5.23. The van der Waals surface area contributed by atoms with Gasteiger partial charge in [-0.25, -0.2) is 0 Å². The smallest absolute Gasteiger partial charge is 0.314 e. The quantitative estimate of drug-likeness (QED) is 0.324. The van der Waals surface area contributed by atoms with Crippen molar-refractivity contribution in [2.45, 2.75) is 43.4 Å². The van der Waals surface area contributed by atoms with Crippen LogP contribution in [0.1, 0.15) is 43.1 Å². The normalized spacial score (nSPS) is 11.1. The molecule has 0 N–H and O–H groups in total. The maximum absolute atomic E-state index is 12.5. The Hall–Kier alpha value is -2.07. The number of rotatable bonds is 6. The number of carbonyl (C=O) groups is 2. The summed E-state index contributed by atoms with van der Waals surface area (Å²) in [7, 11) is 0. The molecule has 2 rings (SSSR count). The molecule has 0 saturated heterocycles. The fourth-order valence-electron chi connectivity index (χ4n) is 2.16. The highest BCUT2D eigenvalue weighted by Crippen LogP contribution is 2.27. The molecule has 126 valence electrons. The Morgan fingerprint density at radius 1 is 0.958 bits per heavy atom. The van der Waals surface area contributed by atoms with Crippen molar-refractivity contribution in [2.75, 3.05) is 0 Å². The van der Waals surface area contributed by atoms with Crippen LogP contribution in [0.25, 0.3) is 0 Å². The summed E-state index contributed by atoms with van der Waals surface area (Å²) in [6.45, 7) is 5.37. The molecule has 0 heterocycles. The number of Topliss-reactive ketones (excluding diaryl/α,β-unsaturated/α-hetero) is 1. The van der Waals surface area contributed by atoms with E-state index in [-0.39, 0.29) is 12.2 Å². The summed E-state index contributed by atoms with van der Waals surface area (Å²) >= 11 is 1.60. The summed E-state index contributed by atoms with van der Waals surface area (Å²) in [5.74, 6) is 0.0770. The average Bonchev–Trinajstić information content (AvgIpc) is 2.52. The van der Waals surface area contributed by atoms with E-state index in [4.69, 9.17) is 4.74 Å². The van der Waals surface area contributed by atoms with Crippen LogP contribution in [0.2, 0.25) is 0 Å². The minimum Gasteiger partial charge on any atom is -0.460 e. The molecule has 0 saturated carbocycles. The first-order chi connectivity index (χ1) is 11.3. The summed E-state index contributed by atoms with van der Waals surface area (Å²) in [6, 6.07) is 17.5. The molecule has 0 spiro atoms. The number of esters is 1. The second-order valence-corrected chi connectivity index (χ2v) is 7.47. The lowest BCUT2D eigenvalue weighted by molar-refractivity contribution is -0.153. The zero-order valence-electron chi connectivity index (χ0n) is 14.2. The predicted octanol–water partition coefficient (Wildman–Crippen LogP) is 4.89. The molecule has 0 unspecified atom stereocenters. The largest absolute Gasteiger partial charge is 0.460 e. The van der Waals surface area contributed by atoms with Gasteiger partial charge in [0.1, 0.15) is 12.0 Å². The fourth-order valence-corrected chi connectivity index (χ4v) is 3.19. The SMILES string of the molecule is CC(C)(C)OC(=O)CC(=O)c1ccccc1SCc1ccccc1. The maximum atomic E-state index is 12.5. The number of hydrogen-bond donors (Lipinski definition) is 0.